The van der Waals surface area contributed by atoms with Gasteiger partial charge in [0.2, 0.25) is 0 Å². The molecule has 0 N–H and O–H groups in total. The molecule has 0 bridgehead atoms. The second kappa shape index (κ2) is 7.18. The minimum absolute atomic E-state index is 0.137. The summed E-state index contributed by atoms with van der Waals surface area (Å²) >= 11 is 0. The lowest BCUT2D eigenvalue weighted by Crippen LogP contribution is -2.41. The molecule has 0 atom stereocenters. The average molecular weight is 281 g/mol. The monoisotopic (exact) mass is 281 g/mol. The third-order valence-corrected chi connectivity index (χ3v) is 2.80. The zero-order chi connectivity index (χ0) is 15.2. The van der Waals surface area contributed by atoms with Crippen LogP contribution in [0, 0.1) is 17.8 Å². The van der Waals surface area contributed by atoms with Gasteiger partial charge in [0.25, 0.3) is 0 Å². The molecule has 112 valence electrons. The molecule has 1 amide bonds. The molecule has 0 aromatic heterocycles. The topological polar surface area (TPSA) is 55.8 Å². The lowest BCUT2D eigenvalue weighted by molar-refractivity contribution is -0.136. The number of rotatable bonds is 1. The fraction of sp³-hybridized carbons (Fsp3) is 0.733. The van der Waals surface area contributed by atoms with E-state index in [9.17, 15) is 9.59 Å². The van der Waals surface area contributed by atoms with E-state index in [1.165, 1.54) is 0 Å². The summed E-state index contributed by atoms with van der Waals surface area (Å²) in [5.41, 5.74) is -0.475. The number of amides is 1. The summed E-state index contributed by atoms with van der Waals surface area (Å²) in [6.07, 6.45) is 1.23. The van der Waals surface area contributed by atoms with Crippen LogP contribution in [0.2, 0.25) is 0 Å². The number of ether oxygens (including phenoxy) is 2. The average Bonchev–Trinajstić information content (AvgIpc) is 2.35. The summed E-state index contributed by atoms with van der Waals surface area (Å²) in [5, 5.41) is 0. The van der Waals surface area contributed by atoms with Crippen molar-refractivity contribution in [1.82, 2.24) is 4.90 Å². The van der Waals surface area contributed by atoms with Crippen molar-refractivity contribution in [2.45, 2.75) is 46.1 Å². The van der Waals surface area contributed by atoms with E-state index >= 15 is 0 Å². The Morgan fingerprint density at radius 3 is 2.35 bits per heavy atom. The Morgan fingerprint density at radius 2 is 1.85 bits per heavy atom. The highest BCUT2D eigenvalue weighted by atomic mass is 16.6. The van der Waals surface area contributed by atoms with Crippen molar-refractivity contribution in [1.29, 1.82) is 0 Å². The summed E-state index contributed by atoms with van der Waals surface area (Å²) in [6.45, 7) is 8.85. The minimum Gasteiger partial charge on any atom is -0.456 e. The van der Waals surface area contributed by atoms with Crippen LogP contribution >= 0.6 is 0 Å². The summed E-state index contributed by atoms with van der Waals surface area (Å²) in [7, 11) is 0. The van der Waals surface area contributed by atoms with Crippen molar-refractivity contribution in [3.8, 4) is 11.8 Å². The van der Waals surface area contributed by atoms with Crippen LogP contribution in [0.4, 0.5) is 4.79 Å². The van der Waals surface area contributed by atoms with Crippen LogP contribution in [0.1, 0.15) is 40.5 Å². The molecule has 0 radical (unpaired) electrons. The molecule has 5 nitrogen and oxygen atoms in total. The van der Waals surface area contributed by atoms with Gasteiger partial charge in [-0.15, -0.1) is 0 Å². The first kappa shape index (κ1) is 16.4. The van der Waals surface area contributed by atoms with Crippen LogP contribution in [0.3, 0.4) is 0 Å². The van der Waals surface area contributed by atoms with Gasteiger partial charge in [0, 0.05) is 24.9 Å². The molecule has 5 heteroatoms. The third-order valence-electron chi connectivity index (χ3n) is 2.80. The highest BCUT2D eigenvalue weighted by Crippen LogP contribution is 2.18. The lowest BCUT2D eigenvalue weighted by Gasteiger charge is -2.31. The van der Waals surface area contributed by atoms with E-state index in [0.29, 0.717) is 19.7 Å². The number of carbonyl (C=O) groups is 2. The quantitative estimate of drug-likeness (QED) is 0.420. The van der Waals surface area contributed by atoms with E-state index in [-0.39, 0.29) is 12.0 Å². The number of carbonyl (C=O) groups excluding carboxylic acids is 2. The van der Waals surface area contributed by atoms with E-state index in [0.717, 1.165) is 12.8 Å². The number of hydrogen-bond acceptors (Lipinski definition) is 4. The van der Waals surface area contributed by atoms with Gasteiger partial charge in [-0.2, -0.15) is 0 Å². The van der Waals surface area contributed by atoms with Crippen LogP contribution in [0.15, 0.2) is 0 Å². The van der Waals surface area contributed by atoms with Gasteiger partial charge in [-0.1, -0.05) is 5.92 Å². The number of hydrogen-bond donors (Lipinski definition) is 0. The highest BCUT2D eigenvalue weighted by molar-refractivity contribution is 5.88. The van der Waals surface area contributed by atoms with Crippen LogP contribution in [-0.2, 0) is 14.3 Å². The molecule has 0 saturated carbocycles. The molecule has 0 spiro atoms. The third kappa shape index (κ3) is 5.96. The molecule has 0 aromatic carbocycles. The Bertz CT molecular complexity index is 406. The molecule has 1 saturated heterocycles. The molecule has 20 heavy (non-hydrogen) atoms. The van der Waals surface area contributed by atoms with Crippen LogP contribution in [0.5, 0.6) is 0 Å². The molecule has 1 fully saturated rings. The van der Waals surface area contributed by atoms with E-state index in [4.69, 9.17) is 9.47 Å². The second-order valence-electron chi connectivity index (χ2n) is 5.73. The molecular formula is C15H23NO4. The van der Waals surface area contributed by atoms with Crippen molar-refractivity contribution in [2.24, 2.45) is 5.92 Å². The van der Waals surface area contributed by atoms with Crippen molar-refractivity contribution < 1.29 is 19.1 Å². The fourth-order valence-corrected chi connectivity index (χ4v) is 1.86. The van der Waals surface area contributed by atoms with Gasteiger partial charge in [-0.3, -0.25) is 0 Å². The van der Waals surface area contributed by atoms with Gasteiger partial charge >= 0.3 is 12.1 Å². The number of esters is 1. The number of likely N-dealkylation sites (tertiary alicyclic amines) is 1. The maximum absolute atomic E-state index is 11.9. The van der Waals surface area contributed by atoms with Gasteiger partial charge in [-0.05, 0) is 40.5 Å². The van der Waals surface area contributed by atoms with E-state index in [1.54, 1.807) is 11.8 Å². The van der Waals surface area contributed by atoms with Gasteiger partial charge in [0.05, 0.1) is 6.61 Å². The molecule has 1 aliphatic heterocycles. The summed E-state index contributed by atoms with van der Waals surface area (Å²) in [4.78, 5) is 24.7. The minimum atomic E-state index is -0.484. The number of piperidine rings is 1. The van der Waals surface area contributed by atoms with Crippen LogP contribution in [0.25, 0.3) is 0 Å². The maximum Gasteiger partial charge on any atom is 0.410 e. The van der Waals surface area contributed by atoms with Crippen molar-refractivity contribution >= 4 is 12.1 Å². The second-order valence-corrected chi connectivity index (χ2v) is 5.73. The first-order valence-electron chi connectivity index (χ1n) is 6.98. The Hall–Kier alpha value is -1.70. The molecule has 1 rings (SSSR count). The van der Waals surface area contributed by atoms with Gasteiger partial charge in [0.1, 0.15) is 5.60 Å². The summed E-state index contributed by atoms with van der Waals surface area (Å²) in [6, 6.07) is 0. The Kier molecular flexibility index (Phi) is 5.87. The molecular weight excluding hydrogens is 258 g/mol. The first-order chi connectivity index (χ1) is 9.31. The Balaban J connectivity index is 2.40. The lowest BCUT2D eigenvalue weighted by atomic mass is 9.98. The van der Waals surface area contributed by atoms with E-state index < -0.39 is 11.6 Å². The van der Waals surface area contributed by atoms with Gasteiger partial charge in [-0.25, -0.2) is 9.59 Å². The fourth-order valence-electron chi connectivity index (χ4n) is 1.86. The predicted molar refractivity (Wildman–Crippen MR) is 74.9 cm³/mol. The zero-order valence-corrected chi connectivity index (χ0v) is 12.7. The smallest absolute Gasteiger partial charge is 0.410 e. The molecule has 0 aromatic rings. The van der Waals surface area contributed by atoms with Crippen LogP contribution < -0.4 is 0 Å². The van der Waals surface area contributed by atoms with Crippen LogP contribution in [-0.4, -0.2) is 42.3 Å². The molecule has 1 aliphatic rings. The molecule has 0 aliphatic carbocycles. The SMILES string of the molecule is CCOC(=O)C#CC1CCN(C(=O)OC(C)(C)C)CC1. The largest absolute Gasteiger partial charge is 0.456 e. The summed E-state index contributed by atoms with van der Waals surface area (Å²) < 4.78 is 10.1. The zero-order valence-electron chi connectivity index (χ0n) is 12.7. The summed E-state index contributed by atoms with van der Waals surface area (Å²) in [5.74, 6) is 5.05. The highest BCUT2D eigenvalue weighted by Gasteiger charge is 2.26. The van der Waals surface area contributed by atoms with Gasteiger partial charge in [0.15, 0.2) is 0 Å². The normalized spacial score (nSPS) is 16.1. The van der Waals surface area contributed by atoms with Gasteiger partial charge < -0.3 is 14.4 Å². The van der Waals surface area contributed by atoms with E-state index in [1.807, 2.05) is 20.8 Å². The maximum atomic E-state index is 11.9. The standard InChI is InChI=1S/C15H23NO4/c1-5-19-13(17)7-6-12-8-10-16(11-9-12)14(18)20-15(2,3)4/h12H,5,8-11H2,1-4H3. The Labute approximate surface area is 120 Å². The Morgan fingerprint density at radius 1 is 1.25 bits per heavy atom. The molecule has 0 unspecified atom stereocenters. The van der Waals surface area contributed by atoms with Crippen molar-refractivity contribution in [3.63, 3.8) is 0 Å². The van der Waals surface area contributed by atoms with Crippen molar-refractivity contribution in [3.05, 3.63) is 0 Å². The van der Waals surface area contributed by atoms with Crippen molar-refractivity contribution in [2.75, 3.05) is 19.7 Å². The van der Waals surface area contributed by atoms with E-state index in [2.05, 4.69) is 11.8 Å². The predicted octanol–water partition coefficient (Wildman–Crippen LogP) is 2.20. The first-order valence-corrected chi connectivity index (χ1v) is 6.98. The molecule has 1 heterocycles. The number of nitrogens with zero attached hydrogens (tertiary/aromatic N) is 1.